The zero-order valence-corrected chi connectivity index (χ0v) is 31.4. The molecule has 0 aromatic carbocycles. The molecule has 18 nitrogen and oxygen atoms in total. The van der Waals surface area contributed by atoms with Crippen LogP contribution >= 0.6 is 0 Å². The number of hydrogen-bond donors (Lipinski definition) is 0. The molecule has 0 unspecified atom stereocenters. The van der Waals surface area contributed by atoms with Crippen molar-refractivity contribution in [3.05, 3.63) is 0 Å². The average molecular weight is 1230 g/mol. The molecule has 50 heavy (non-hydrogen) atoms. The fourth-order valence-electron chi connectivity index (χ4n) is 0. The summed E-state index contributed by atoms with van der Waals surface area (Å²) in [6, 6.07) is 0. The van der Waals surface area contributed by atoms with Crippen molar-refractivity contribution in [2.45, 2.75) is 33.0 Å². The summed E-state index contributed by atoms with van der Waals surface area (Å²) in [5.41, 5.74) is -33.9. The van der Waals surface area contributed by atoms with Gasteiger partial charge in [-0.3, -0.25) is 0 Å². The van der Waals surface area contributed by atoms with Gasteiger partial charge in [-0.25, -0.2) is 50.5 Å². The molecule has 0 fully saturated rings. The van der Waals surface area contributed by atoms with Crippen LogP contribution in [0.4, 0.5) is 79.0 Å². The topological polar surface area (TPSA) is 343 Å². The van der Waals surface area contributed by atoms with Crippen molar-refractivity contribution < 1.29 is 157 Å². The maximum absolute atomic E-state index is 10.7. The SMILES string of the molecule is O=S(=O)([O-])C(F)(F)F.O=S(=O)([O-])C(F)(F)F.O=S(=O)([O-])C(F)(F)F.O=S(=O)([O-])C(F)(F)F.O=S(=O)([O-])C(F)(F)F.O=S(=O)([O-])C(F)(F)F.[Bi+3].[Sb+3]. The van der Waals surface area contributed by atoms with E-state index in [-0.39, 0.29) is 50.6 Å². The van der Waals surface area contributed by atoms with E-state index < -0.39 is 93.8 Å². The molecule has 4 radical (unpaired) electrons. The summed E-state index contributed by atoms with van der Waals surface area (Å²) in [4.78, 5) is 0. The van der Waals surface area contributed by atoms with Crippen LogP contribution in [0.2, 0.25) is 0 Å². The van der Waals surface area contributed by atoms with Gasteiger partial charge in [0.15, 0.2) is 60.7 Å². The molecule has 0 rings (SSSR count). The molecule has 0 amide bonds. The predicted molar refractivity (Wildman–Crippen MR) is 106 cm³/mol. The van der Waals surface area contributed by atoms with Crippen LogP contribution in [0, 0.1) is 0 Å². The Kier molecular flexibility index (Phi) is 29.5. The molecule has 0 N–H and O–H groups in total. The van der Waals surface area contributed by atoms with Crippen LogP contribution in [-0.4, -0.2) is 162 Å². The Labute approximate surface area is 299 Å². The molecule has 0 aliphatic heterocycles. The van der Waals surface area contributed by atoms with Gasteiger partial charge in [0.25, 0.3) is 0 Å². The summed E-state index contributed by atoms with van der Waals surface area (Å²) in [5.74, 6) is 0. The fraction of sp³-hybridized carbons (Fsp3) is 1.00. The number of halogens is 18. The molecule has 0 saturated heterocycles. The second-order valence-electron chi connectivity index (χ2n) is 5.40. The van der Waals surface area contributed by atoms with Gasteiger partial charge in [0, 0.05) is 0 Å². The Bertz CT molecular complexity index is 1320. The van der Waals surface area contributed by atoms with Crippen LogP contribution in [0.25, 0.3) is 0 Å². The Morgan fingerprint density at radius 3 is 0.260 bits per heavy atom. The van der Waals surface area contributed by atoms with Gasteiger partial charge >= 0.3 is 83.7 Å². The Hall–Kier alpha value is -0.0987. The third kappa shape index (κ3) is 36.3. The second kappa shape index (κ2) is 21.7. The number of alkyl halides is 18. The maximum Gasteiger partial charge on any atom is 3.00 e. The van der Waals surface area contributed by atoms with E-state index >= 15 is 0 Å². The van der Waals surface area contributed by atoms with Crippen molar-refractivity contribution in [3.63, 3.8) is 0 Å². The molecule has 0 heterocycles. The fourth-order valence-corrected chi connectivity index (χ4v) is 0. The van der Waals surface area contributed by atoms with Gasteiger partial charge in [0.2, 0.25) is 0 Å². The first-order chi connectivity index (χ1) is 19.5. The first kappa shape index (κ1) is 68.0. The van der Waals surface area contributed by atoms with Crippen molar-refractivity contribution in [2.75, 3.05) is 0 Å². The van der Waals surface area contributed by atoms with Gasteiger partial charge in [-0.05, 0) is 0 Å². The van der Waals surface area contributed by atoms with Crippen molar-refractivity contribution >= 4 is 111 Å². The van der Waals surface area contributed by atoms with Crippen molar-refractivity contribution in [1.82, 2.24) is 0 Å². The average Bonchev–Trinajstić information content (AvgIpc) is 2.60. The van der Waals surface area contributed by atoms with Crippen molar-refractivity contribution in [3.8, 4) is 0 Å². The van der Waals surface area contributed by atoms with E-state index in [1.54, 1.807) is 0 Å². The summed E-state index contributed by atoms with van der Waals surface area (Å²) in [7, 11) is -36.5. The Morgan fingerprint density at radius 1 is 0.240 bits per heavy atom. The number of hydrogen-bond acceptors (Lipinski definition) is 18. The minimum Gasteiger partial charge on any atom is -0.741 e. The van der Waals surface area contributed by atoms with E-state index in [2.05, 4.69) is 0 Å². The molecule has 0 spiro atoms. The third-order valence-corrected chi connectivity index (χ3v) is 5.10. The first-order valence-corrected chi connectivity index (χ1v) is 16.1. The Morgan fingerprint density at radius 2 is 0.260 bits per heavy atom. The largest absolute Gasteiger partial charge is 3.00 e. The van der Waals surface area contributed by atoms with Gasteiger partial charge in [-0.1, -0.05) is 0 Å². The van der Waals surface area contributed by atoms with Crippen LogP contribution in [-0.2, 0) is 60.7 Å². The normalized spacial score (nSPS) is 13.4. The Balaban J connectivity index is -0.0000000700. The maximum atomic E-state index is 10.7. The van der Waals surface area contributed by atoms with Crippen LogP contribution in [0.1, 0.15) is 0 Å². The smallest absolute Gasteiger partial charge is 0.741 e. The minimum atomic E-state index is -6.09. The van der Waals surface area contributed by atoms with Crippen molar-refractivity contribution in [1.29, 1.82) is 0 Å². The van der Waals surface area contributed by atoms with Crippen molar-refractivity contribution in [2.24, 2.45) is 0 Å². The van der Waals surface area contributed by atoms with E-state index in [1.165, 1.54) is 0 Å². The molecule has 304 valence electrons. The number of rotatable bonds is 0. The molecule has 0 aromatic rings. The van der Waals surface area contributed by atoms with Crippen LogP contribution < -0.4 is 0 Å². The van der Waals surface area contributed by atoms with Crippen LogP contribution in [0.5, 0.6) is 0 Å². The van der Waals surface area contributed by atoms with E-state index in [4.69, 9.17) is 77.8 Å². The van der Waals surface area contributed by atoms with E-state index in [0.29, 0.717) is 0 Å². The molecule has 0 saturated carbocycles. The quantitative estimate of drug-likeness (QED) is 0.128. The minimum absolute atomic E-state index is 0. The standard InChI is InChI=1S/6CHF3O3S.Bi.Sb/c6*2-1(3,4)8(5,6)7;;/h6*(H,5,6,7);;/q;;;;;;2*+3/p-6. The van der Waals surface area contributed by atoms with E-state index in [1.807, 2.05) is 0 Å². The van der Waals surface area contributed by atoms with Gasteiger partial charge in [0.05, 0.1) is 0 Å². The monoisotopic (exact) mass is 1220 g/mol. The van der Waals surface area contributed by atoms with Gasteiger partial charge in [-0.15, -0.1) is 0 Å². The molecule has 0 bridgehead atoms. The second-order valence-corrected chi connectivity index (χ2v) is 13.6. The molecular formula is C6BiF18O18S6Sb. The predicted octanol–water partition coefficient (Wildman–Crippen LogP) is -0.453. The zero-order chi connectivity index (χ0) is 42.0. The van der Waals surface area contributed by atoms with Gasteiger partial charge < -0.3 is 27.3 Å². The van der Waals surface area contributed by atoms with E-state index in [9.17, 15) is 79.0 Å². The summed E-state index contributed by atoms with van der Waals surface area (Å²) in [6.45, 7) is 0. The van der Waals surface area contributed by atoms with Gasteiger partial charge in [-0.2, -0.15) is 79.0 Å². The van der Waals surface area contributed by atoms with Crippen LogP contribution in [0.3, 0.4) is 0 Å². The summed E-state index contributed by atoms with van der Waals surface area (Å²) >= 11 is 0. The molecule has 0 atom stereocenters. The molecule has 0 aliphatic carbocycles. The molecule has 0 aromatic heterocycles. The summed E-state index contributed by atoms with van der Waals surface area (Å²) < 4.78 is 353. The zero-order valence-electron chi connectivity index (χ0n) is 20.5. The van der Waals surface area contributed by atoms with Crippen LogP contribution in [0.15, 0.2) is 0 Å². The molecule has 44 heteroatoms. The molecule has 0 aliphatic rings. The van der Waals surface area contributed by atoms with Gasteiger partial charge in [0.1, 0.15) is 0 Å². The first-order valence-electron chi connectivity index (χ1n) is 7.63. The third-order valence-electron chi connectivity index (χ3n) is 1.70. The summed E-state index contributed by atoms with van der Waals surface area (Å²) in [6.07, 6.45) is 0. The summed E-state index contributed by atoms with van der Waals surface area (Å²) in [5, 5.41) is 0. The van der Waals surface area contributed by atoms with E-state index in [0.717, 1.165) is 0 Å². The molecular weight excluding hydrogens is 1230 g/mol.